The summed E-state index contributed by atoms with van der Waals surface area (Å²) in [4.78, 5) is 0. The topological polar surface area (TPSA) is 64.6 Å². The maximum Gasteiger partial charge on any atom is 0.163 e. The zero-order valence-electron chi connectivity index (χ0n) is 23.1. The predicted octanol–water partition coefficient (Wildman–Crippen LogP) is 5.19. The summed E-state index contributed by atoms with van der Waals surface area (Å²) >= 11 is 0. The molecule has 4 fully saturated rings. The van der Waals surface area contributed by atoms with Gasteiger partial charge in [-0.15, -0.1) is 0 Å². The fraction of sp³-hybridized carbons (Fsp3) is 0.625. The highest BCUT2D eigenvalue weighted by molar-refractivity contribution is 5.14. The Morgan fingerprint density at radius 3 is 2.05 bits per heavy atom. The van der Waals surface area contributed by atoms with Gasteiger partial charge in [0.2, 0.25) is 0 Å². The van der Waals surface area contributed by atoms with Gasteiger partial charge in [0.25, 0.3) is 0 Å². The predicted molar refractivity (Wildman–Crippen MR) is 145 cm³/mol. The van der Waals surface area contributed by atoms with Crippen molar-refractivity contribution in [2.75, 3.05) is 13.2 Å². The third-order valence-corrected chi connectivity index (χ3v) is 8.37. The maximum atomic E-state index is 6.80. The van der Waals surface area contributed by atoms with Gasteiger partial charge in [-0.2, -0.15) is 0 Å². The Morgan fingerprint density at radius 2 is 1.31 bits per heavy atom. The molecule has 39 heavy (non-hydrogen) atoms. The van der Waals surface area contributed by atoms with Crippen molar-refractivity contribution in [2.45, 2.75) is 114 Å². The summed E-state index contributed by atoms with van der Waals surface area (Å²) < 4.78 is 44.9. The van der Waals surface area contributed by atoms with Crippen LogP contribution in [0.1, 0.15) is 57.1 Å². The molecule has 0 aliphatic carbocycles. The molecule has 0 bridgehead atoms. The molecule has 4 heterocycles. The highest BCUT2D eigenvalue weighted by atomic mass is 16.7. The van der Waals surface area contributed by atoms with Crippen molar-refractivity contribution in [3.63, 3.8) is 0 Å². The van der Waals surface area contributed by atoms with Crippen LogP contribution in [0.5, 0.6) is 0 Å². The molecule has 8 atom stereocenters. The number of hydrogen-bond donors (Lipinski definition) is 0. The first-order valence-corrected chi connectivity index (χ1v) is 14.6. The van der Waals surface area contributed by atoms with Crippen molar-refractivity contribution in [3.05, 3.63) is 71.8 Å². The van der Waals surface area contributed by atoms with Crippen molar-refractivity contribution in [1.29, 1.82) is 0 Å². The molecule has 2 aromatic carbocycles. The molecule has 0 amide bonds. The molecule has 7 heteroatoms. The van der Waals surface area contributed by atoms with E-state index in [9.17, 15) is 0 Å². The Hall–Kier alpha value is -1.84. The van der Waals surface area contributed by atoms with Gasteiger partial charge in [0.1, 0.15) is 12.2 Å². The van der Waals surface area contributed by atoms with Crippen molar-refractivity contribution >= 4 is 0 Å². The van der Waals surface area contributed by atoms with Crippen LogP contribution in [0.25, 0.3) is 0 Å². The quantitative estimate of drug-likeness (QED) is 0.481. The van der Waals surface area contributed by atoms with Gasteiger partial charge in [-0.05, 0) is 50.7 Å². The molecule has 4 aliphatic rings. The maximum absolute atomic E-state index is 6.80. The molecule has 4 aliphatic heterocycles. The molecule has 0 radical (unpaired) electrons. The third-order valence-electron chi connectivity index (χ3n) is 8.37. The summed E-state index contributed by atoms with van der Waals surface area (Å²) in [6.07, 6.45) is 4.02. The number of ether oxygens (including phenoxy) is 7. The zero-order chi connectivity index (χ0) is 26.7. The van der Waals surface area contributed by atoms with Gasteiger partial charge in [0, 0.05) is 6.42 Å². The molecule has 4 saturated heterocycles. The molecule has 0 unspecified atom stereocenters. The Kier molecular flexibility index (Phi) is 8.66. The average molecular weight is 539 g/mol. The Balaban J connectivity index is 1.12. The summed E-state index contributed by atoms with van der Waals surface area (Å²) in [5.41, 5.74) is 2.31. The second-order valence-electron chi connectivity index (χ2n) is 11.7. The fourth-order valence-corrected chi connectivity index (χ4v) is 6.32. The summed E-state index contributed by atoms with van der Waals surface area (Å²) in [6.45, 7) is 6.05. The van der Waals surface area contributed by atoms with E-state index in [1.807, 2.05) is 50.2 Å². The SMILES string of the molecule is CC1(C)OC[C@H]2O[C@H]3C[C@H]4O[C@@H](COCc5ccccc5)[C@H](OCc5ccccc5)CC[C@@H]4O[C@@H]3CC[C@@H]2O1. The highest BCUT2D eigenvalue weighted by Crippen LogP contribution is 2.39. The molecule has 0 spiro atoms. The molecule has 7 nitrogen and oxygen atoms in total. The van der Waals surface area contributed by atoms with Crippen molar-refractivity contribution in [3.8, 4) is 0 Å². The van der Waals surface area contributed by atoms with Gasteiger partial charge in [-0.1, -0.05) is 60.7 Å². The minimum Gasteiger partial charge on any atom is -0.374 e. The number of hydrogen-bond acceptors (Lipinski definition) is 7. The lowest BCUT2D eigenvalue weighted by molar-refractivity contribution is -0.316. The van der Waals surface area contributed by atoms with Crippen LogP contribution in [-0.2, 0) is 46.4 Å². The Labute approximate surface area is 232 Å². The van der Waals surface area contributed by atoms with E-state index < -0.39 is 5.79 Å². The molecule has 212 valence electrons. The van der Waals surface area contributed by atoms with Crippen LogP contribution >= 0.6 is 0 Å². The van der Waals surface area contributed by atoms with E-state index in [0.29, 0.717) is 26.4 Å². The van der Waals surface area contributed by atoms with E-state index >= 15 is 0 Å². The van der Waals surface area contributed by atoms with Crippen LogP contribution in [0.3, 0.4) is 0 Å². The first-order valence-electron chi connectivity index (χ1n) is 14.6. The second kappa shape index (κ2) is 12.4. The monoisotopic (exact) mass is 538 g/mol. The molecular formula is C32H42O7. The summed E-state index contributed by atoms with van der Waals surface area (Å²) in [5.74, 6) is -0.572. The summed E-state index contributed by atoms with van der Waals surface area (Å²) in [5, 5.41) is 0. The standard InChI is InChI=1S/C32H42O7/c1-32(2)35-21-31-27(39-32)16-15-26-29(38-31)17-28-25(36-26)14-13-24(34-19-23-11-7-4-8-12-23)30(37-28)20-33-18-22-9-5-3-6-10-22/h3-12,24-31H,13-21H2,1-2H3/t24-,25+,26-,27+,28-,29+,30+,31-/m1/s1. The molecule has 0 saturated carbocycles. The Morgan fingerprint density at radius 1 is 0.692 bits per heavy atom. The number of benzene rings is 2. The van der Waals surface area contributed by atoms with Gasteiger partial charge in [-0.25, -0.2) is 0 Å². The molecule has 0 N–H and O–H groups in total. The van der Waals surface area contributed by atoms with E-state index in [2.05, 4.69) is 24.3 Å². The van der Waals surface area contributed by atoms with Gasteiger partial charge >= 0.3 is 0 Å². The van der Waals surface area contributed by atoms with Crippen LogP contribution in [0.15, 0.2) is 60.7 Å². The average Bonchev–Trinajstić information content (AvgIpc) is 3.22. The smallest absolute Gasteiger partial charge is 0.163 e. The van der Waals surface area contributed by atoms with E-state index in [0.717, 1.165) is 43.2 Å². The normalized spacial score (nSPS) is 36.1. The van der Waals surface area contributed by atoms with Crippen molar-refractivity contribution in [2.24, 2.45) is 0 Å². The molecule has 2 aromatic rings. The number of rotatable bonds is 7. The zero-order valence-corrected chi connectivity index (χ0v) is 23.1. The van der Waals surface area contributed by atoms with Gasteiger partial charge in [-0.3, -0.25) is 0 Å². The minimum absolute atomic E-state index is 0.0190. The second-order valence-corrected chi connectivity index (χ2v) is 11.7. The fourth-order valence-electron chi connectivity index (χ4n) is 6.32. The number of fused-ring (bicyclic) bond motifs is 3. The summed E-state index contributed by atoms with van der Waals surface area (Å²) in [7, 11) is 0. The summed E-state index contributed by atoms with van der Waals surface area (Å²) in [6, 6.07) is 20.6. The lowest BCUT2D eigenvalue weighted by atomic mass is 9.93. The van der Waals surface area contributed by atoms with Gasteiger partial charge in [0.05, 0.1) is 63.1 Å². The van der Waals surface area contributed by atoms with Gasteiger partial charge < -0.3 is 33.2 Å². The lowest BCUT2D eigenvalue weighted by Crippen LogP contribution is -2.52. The molecule has 6 rings (SSSR count). The van der Waals surface area contributed by atoms with Crippen molar-refractivity contribution < 1.29 is 33.2 Å². The van der Waals surface area contributed by atoms with E-state index in [4.69, 9.17) is 33.2 Å². The third kappa shape index (κ3) is 6.91. The first kappa shape index (κ1) is 27.3. The van der Waals surface area contributed by atoms with Crippen LogP contribution in [0.2, 0.25) is 0 Å². The van der Waals surface area contributed by atoms with Gasteiger partial charge in [0.15, 0.2) is 5.79 Å². The van der Waals surface area contributed by atoms with Crippen LogP contribution in [-0.4, -0.2) is 67.8 Å². The Bertz CT molecular complexity index is 1030. The van der Waals surface area contributed by atoms with Crippen LogP contribution in [0, 0.1) is 0 Å². The van der Waals surface area contributed by atoms with E-state index in [-0.39, 0.29) is 48.8 Å². The largest absolute Gasteiger partial charge is 0.374 e. The van der Waals surface area contributed by atoms with E-state index in [1.54, 1.807) is 0 Å². The minimum atomic E-state index is -0.572. The van der Waals surface area contributed by atoms with E-state index in [1.165, 1.54) is 0 Å². The van der Waals surface area contributed by atoms with Crippen LogP contribution in [0.4, 0.5) is 0 Å². The van der Waals surface area contributed by atoms with Crippen LogP contribution < -0.4 is 0 Å². The lowest BCUT2D eigenvalue weighted by Gasteiger charge is -2.43. The van der Waals surface area contributed by atoms with Crippen molar-refractivity contribution in [1.82, 2.24) is 0 Å². The molecular weight excluding hydrogens is 496 g/mol. The highest BCUT2D eigenvalue weighted by Gasteiger charge is 2.48. The molecule has 0 aromatic heterocycles. The first-order chi connectivity index (χ1) is 19.0.